The second-order valence-electron chi connectivity index (χ2n) is 8.58. The summed E-state index contributed by atoms with van der Waals surface area (Å²) < 4.78 is 34.7. The molecule has 9 heteroatoms. The summed E-state index contributed by atoms with van der Waals surface area (Å²) in [5, 5.41) is 15.1. The maximum atomic E-state index is 13.8. The van der Waals surface area contributed by atoms with Gasteiger partial charge in [-0.2, -0.15) is 14.8 Å². The molecule has 1 saturated carbocycles. The van der Waals surface area contributed by atoms with Crippen LogP contribution in [0.3, 0.4) is 0 Å². The van der Waals surface area contributed by atoms with E-state index in [1.165, 1.54) is 11.3 Å². The van der Waals surface area contributed by atoms with Crippen molar-refractivity contribution in [3.05, 3.63) is 82.3 Å². The molecule has 7 nitrogen and oxygen atoms in total. The molecule has 1 aromatic heterocycles. The minimum absolute atomic E-state index is 0.0155. The van der Waals surface area contributed by atoms with E-state index < -0.39 is 17.2 Å². The highest BCUT2D eigenvalue weighted by atomic mass is 19.1. The number of ether oxygens (including phenoxy) is 1. The molecule has 2 fully saturated rings. The van der Waals surface area contributed by atoms with Gasteiger partial charge in [-0.25, -0.2) is 8.78 Å². The monoisotopic (exact) mass is 454 g/mol. The first-order valence-corrected chi connectivity index (χ1v) is 10.9. The molecular weight excluding hydrogens is 430 g/mol. The number of benzene rings is 2. The zero-order chi connectivity index (χ0) is 23.0. The Morgan fingerprint density at radius 1 is 1.00 bits per heavy atom. The van der Waals surface area contributed by atoms with E-state index in [0.717, 1.165) is 41.3 Å². The summed E-state index contributed by atoms with van der Waals surface area (Å²) in [6.07, 6.45) is 3.38. The number of nitrogens with zero attached hydrogens (tertiary/aromatic N) is 4. The third-order valence-electron chi connectivity index (χ3n) is 6.34. The van der Waals surface area contributed by atoms with Gasteiger partial charge in [-0.1, -0.05) is 30.3 Å². The molecule has 1 saturated heterocycles. The quantitative estimate of drug-likeness (QED) is 0.617. The Kier molecular flexibility index (Phi) is 5.59. The highest BCUT2D eigenvalue weighted by Gasteiger charge is 2.45. The van der Waals surface area contributed by atoms with Gasteiger partial charge < -0.3 is 14.8 Å². The van der Waals surface area contributed by atoms with Crippen molar-refractivity contribution in [1.29, 1.82) is 0 Å². The lowest BCUT2D eigenvalue weighted by molar-refractivity contribution is -0.0936. The van der Waals surface area contributed by atoms with Crippen molar-refractivity contribution in [3.63, 3.8) is 0 Å². The van der Waals surface area contributed by atoms with Crippen LogP contribution in [0.2, 0.25) is 0 Å². The Balaban J connectivity index is 1.52. The molecular formula is C24H24F2N4O3. The molecule has 0 spiro atoms. The van der Waals surface area contributed by atoms with Gasteiger partial charge >= 0.3 is 5.56 Å². The van der Waals surface area contributed by atoms with Gasteiger partial charge in [0.05, 0.1) is 18.5 Å². The third kappa shape index (κ3) is 4.34. The summed E-state index contributed by atoms with van der Waals surface area (Å²) >= 11 is 0. The lowest BCUT2D eigenvalue weighted by Gasteiger charge is -2.33. The molecule has 0 unspecified atom stereocenters. The molecule has 33 heavy (non-hydrogen) atoms. The SMILES string of the molecule is O=c1c(OCC2(c3ccccc3)CC2)c(N2CCN(O)CC2)cnn1-c1cc(F)cc(F)c1. The summed E-state index contributed by atoms with van der Waals surface area (Å²) in [6.45, 7) is 2.09. The Morgan fingerprint density at radius 3 is 2.30 bits per heavy atom. The van der Waals surface area contributed by atoms with Gasteiger partial charge in [0, 0.05) is 37.7 Å². The molecule has 2 aromatic carbocycles. The Morgan fingerprint density at radius 2 is 1.67 bits per heavy atom. The second-order valence-corrected chi connectivity index (χ2v) is 8.58. The molecule has 0 radical (unpaired) electrons. The predicted molar refractivity (Wildman–Crippen MR) is 118 cm³/mol. The Hall–Kier alpha value is -3.30. The maximum absolute atomic E-state index is 13.8. The average Bonchev–Trinajstić information content (AvgIpc) is 3.60. The molecule has 0 bridgehead atoms. The van der Waals surface area contributed by atoms with E-state index >= 15 is 0 Å². The normalized spacial score (nSPS) is 17.7. The molecule has 0 atom stereocenters. The van der Waals surface area contributed by atoms with Gasteiger partial charge in [0.2, 0.25) is 5.75 Å². The summed E-state index contributed by atoms with van der Waals surface area (Å²) in [7, 11) is 0. The fourth-order valence-electron chi connectivity index (χ4n) is 4.24. The number of anilines is 1. The van der Waals surface area contributed by atoms with Crippen molar-refractivity contribution in [1.82, 2.24) is 14.8 Å². The van der Waals surface area contributed by atoms with Crippen molar-refractivity contribution in [2.45, 2.75) is 18.3 Å². The fraction of sp³-hybridized carbons (Fsp3) is 0.333. The topological polar surface area (TPSA) is 70.8 Å². The van der Waals surface area contributed by atoms with Gasteiger partial charge in [0.25, 0.3) is 0 Å². The zero-order valence-electron chi connectivity index (χ0n) is 18.0. The summed E-state index contributed by atoms with van der Waals surface area (Å²) in [5.41, 5.74) is 0.895. The van der Waals surface area contributed by atoms with Crippen LogP contribution in [0.25, 0.3) is 5.69 Å². The van der Waals surface area contributed by atoms with Crippen LogP contribution in [0.15, 0.2) is 59.5 Å². The van der Waals surface area contributed by atoms with Crippen LogP contribution in [0, 0.1) is 11.6 Å². The van der Waals surface area contributed by atoms with E-state index in [4.69, 9.17) is 4.74 Å². The first-order valence-electron chi connectivity index (χ1n) is 10.9. The number of aromatic nitrogens is 2. The van der Waals surface area contributed by atoms with E-state index in [9.17, 15) is 18.8 Å². The van der Waals surface area contributed by atoms with Crippen LogP contribution >= 0.6 is 0 Å². The number of hydroxylamine groups is 2. The third-order valence-corrected chi connectivity index (χ3v) is 6.34. The van der Waals surface area contributed by atoms with Crippen molar-refractivity contribution in [2.24, 2.45) is 0 Å². The average molecular weight is 454 g/mol. The van der Waals surface area contributed by atoms with Crippen LogP contribution in [0.5, 0.6) is 5.75 Å². The summed E-state index contributed by atoms with van der Waals surface area (Å²) in [5.74, 6) is -1.51. The van der Waals surface area contributed by atoms with Gasteiger partial charge in [0.15, 0.2) is 0 Å². The van der Waals surface area contributed by atoms with Gasteiger partial charge in [-0.15, -0.1) is 0 Å². The van der Waals surface area contributed by atoms with Crippen molar-refractivity contribution >= 4 is 5.69 Å². The van der Waals surface area contributed by atoms with Gasteiger partial charge in [0.1, 0.15) is 17.3 Å². The fourth-order valence-corrected chi connectivity index (χ4v) is 4.24. The van der Waals surface area contributed by atoms with E-state index in [1.807, 2.05) is 23.1 Å². The minimum atomic E-state index is -0.801. The standard InChI is InChI=1S/C24H24F2N4O3/c25-18-12-19(26)14-20(13-18)30-23(31)22(21(15-27-30)28-8-10-29(32)11-9-28)33-16-24(6-7-24)17-4-2-1-3-5-17/h1-5,12-15,32H,6-11,16H2. The first-order chi connectivity index (χ1) is 15.9. The van der Waals surface area contributed by atoms with E-state index in [0.29, 0.717) is 38.5 Å². The van der Waals surface area contributed by atoms with Gasteiger partial charge in [-0.3, -0.25) is 4.79 Å². The predicted octanol–water partition coefficient (Wildman–Crippen LogP) is 3.13. The number of halogens is 2. The molecule has 2 heterocycles. The van der Waals surface area contributed by atoms with Crippen molar-refractivity contribution in [2.75, 3.05) is 37.7 Å². The number of hydrogen-bond donors (Lipinski definition) is 1. The number of piperazine rings is 1. The van der Waals surface area contributed by atoms with Crippen molar-refractivity contribution in [3.8, 4) is 11.4 Å². The zero-order valence-corrected chi connectivity index (χ0v) is 18.0. The highest BCUT2D eigenvalue weighted by Crippen LogP contribution is 2.48. The van der Waals surface area contributed by atoms with Crippen LogP contribution in [0.4, 0.5) is 14.5 Å². The highest BCUT2D eigenvalue weighted by molar-refractivity contribution is 5.57. The molecule has 3 aromatic rings. The molecule has 0 amide bonds. The molecule has 2 aliphatic rings. The number of rotatable bonds is 6. The maximum Gasteiger partial charge on any atom is 0.316 e. The molecule has 1 aliphatic heterocycles. The number of hydrogen-bond acceptors (Lipinski definition) is 6. The second kappa shape index (κ2) is 8.57. The van der Waals surface area contributed by atoms with Gasteiger partial charge in [-0.05, 0) is 30.5 Å². The summed E-state index contributed by atoms with van der Waals surface area (Å²) in [6, 6.07) is 12.9. The molecule has 1 aliphatic carbocycles. The molecule has 172 valence electrons. The van der Waals surface area contributed by atoms with Crippen LogP contribution < -0.4 is 15.2 Å². The van der Waals surface area contributed by atoms with E-state index in [1.54, 1.807) is 0 Å². The first kappa shape index (κ1) is 21.5. The van der Waals surface area contributed by atoms with E-state index in [2.05, 4.69) is 17.2 Å². The Labute approximate surface area is 189 Å². The largest absolute Gasteiger partial charge is 0.485 e. The smallest absolute Gasteiger partial charge is 0.316 e. The van der Waals surface area contributed by atoms with Crippen molar-refractivity contribution < 1.29 is 18.7 Å². The van der Waals surface area contributed by atoms with E-state index in [-0.39, 0.29) is 16.9 Å². The van der Waals surface area contributed by atoms with Crippen LogP contribution in [0.1, 0.15) is 18.4 Å². The lowest BCUT2D eigenvalue weighted by Crippen LogP contribution is -2.45. The Bertz CT molecular complexity index is 1190. The van der Waals surface area contributed by atoms with Crippen LogP contribution in [-0.2, 0) is 5.41 Å². The molecule has 5 rings (SSSR count). The summed E-state index contributed by atoms with van der Waals surface area (Å²) in [4.78, 5) is 15.4. The van der Waals surface area contributed by atoms with Crippen LogP contribution in [-0.4, -0.2) is 52.8 Å². The lowest BCUT2D eigenvalue weighted by atomic mass is 9.97. The molecule has 1 N–H and O–H groups in total. The minimum Gasteiger partial charge on any atom is -0.485 e.